The van der Waals surface area contributed by atoms with Crippen molar-refractivity contribution >= 4 is 11.8 Å². The van der Waals surface area contributed by atoms with Gasteiger partial charge in [0, 0.05) is 24.1 Å². The molecule has 0 atom stereocenters. The summed E-state index contributed by atoms with van der Waals surface area (Å²) in [5, 5.41) is 13.3. The SMILES string of the molecule is Cc1cnn(CCCCCSc2nnc(-c3ccc(C(C)C)cc3)o2)c1. The Balaban J connectivity index is 1.39. The van der Waals surface area contributed by atoms with E-state index < -0.39 is 0 Å². The van der Waals surface area contributed by atoms with E-state index in [-0.39, 0.29) is 0 Å². The first-order chi connectivity index (χ1) is 12.6. The van der Waals surface area contributed by atoms with Gasteiger partial charge in [-0.05, 0) is 48.9 Å². The number of aryl methyl sites for hydroxylation is 2. The van der Waals surface area contributed by atoms with Crippen molar-refractivity contribution in [1.82, 2.24) is 20.0 Å². The Morgan fingerprint density at radius 3 is 2.58 bits per heavy atom. The number of unbranched alkanes of at least 4 members (excludes halogenated alkanes) is 2. The van der Waals surface area contributed by atoms with Crippen LogP contribution in [0.25, 0.3) is 11.5 Å². The van der Waals surface area contributed by atoms with Crippen molar-refractivity contribution in [2.24, 2.45) is 0 Å². The Bertz CT molecular complexity index is 807. The summed E-state index contributed by atoms with van der Waals surface area (Å²) in [6, 6.07) is 8.35. The topological polar surface area (TPSA) is 56.7 Å². The first-order valence-electron chi connectivity index (χ1n) is 9.17. The number of aromatic nitrogens is 4. The molecule has 0 unspecified atom stereocenters. The van der Waals surface area contributed by atoms with Crippen LogP contribution < -0.4 is 0 Å². The maximum absolute atomic E-state index is 5.78. The van der Waals surface area contributed by atoms with Gasteiger partial charge < -0.3 is 4.42 Å². The zero-order chi connectivity index (χ0) is 18.4. The van der Waals surface area contributed by atoms with Crippen LogP contribution in [0, 0.1) is 6.92 Å². The van der Waals surface area contributed by atoms with Crippen molar-refractivity contribution in [2.45, 2.75) is 57.7 Å². The summed E-state index contributed by atoms with van der Waals surface area (Å²) in [4.78, 5) is 0. The number of thioether (sulfide) groups is 1. The molecule has 2 heterocycles. The Hall–Kier alpha value is -2.08. The number of hydrogen-bond donors (Lipinski definition) is 0. The molecule has 0 amide bonds. The third-order valence-electron chi connectivity index (χ3n) is 4.25. The number of nitrogens with zero attached hydrogens (tertiary/aromatic N) is 4. The standard InChI is InChI=1S/C20H26N4OS/c1-15(2)17-7-9-18(10-8-17)19-22-23-20(25-19)26-12-6-4-5-11-24-14-16(3)13-21-24/h7-10,13-15H,4-6,11-12H2,1-3H3. The quantitative estimate of drug-likeness (QED) is 0.376. The fourth-order valence-corrected chi connectivity index (χ4v) is 3.46. The molecule has 0 bridgehead atoms. The minimum atomic E-state index is 0.523. The van der Waals surface area contributed by atoms with Crippen LogP contribution in [0.3, 0.4) is 0 Å². The largest absolute Gasteiger partial charge is 0.411 e. The molecule has 6 heteroatoms. The van der Waals surface area contributed by atoms with Crippen molar-refractivity contribution in [3.8, 4) is 11.5 Å². The van der Waals surface area contributed by atoms with Crippen LogP contribution in [0.1, 0.15) is 50.2 Å². The molecule has 1 aromatic carbocycles. The molecule has 0 saturated carbocycles. The van der Waals surface area contributed by atoms with Crippen molar-refractivity contribution in [2.75, 3.05) is 5.75 Å². The van der Waals surface area contributed by atoms with Crippen molar-refractivity contribution in [1.29, 1.82) is 0 Å². The van der Waals surface area contributed by atoms with Gasteiger partial charge in [0.1, 0.15) is 0 Å². The molecule has 0 aliphatic heterocycles. The summed E-state index contributed by atoms with van der Waals surface area (Å²) in [6.45, 7) is 7.42. The molecule has 0 aliphatic carbocycles. The fraction of sp³-hybridized carbons (Fsp3) is 0.450. The highest BCUT2D eigenvalue weighted by atomic mass is 32.2. The molecular formula is C20H26N4OS. The van der Waals surface area contributed by atoms with Crippen LogP contribution in [0.5, 0.6) is 0 Å². The van der Waals surface area contributed by atoms with Crippen LogP contribution in [0.4, 0.5) is 0 Å². The lowest BCUT2D eigenvalue weighted by molar-refractivity contribution is 0.465. The second-order valence-electron chi connectivity index (χ2n) is 6.84. The van der Waals surface area contributed by atoms with E-state index >= 15 is 0 Å². The van der Waals surface area contributed by atoms with E-state index in [1.165, 1.54) is 17.5 Å². The second kappa shape index (κ2) is 9.03. The maximum Gasteiger partial charge on any atom is 0.276 e. The molecule has 138 valence electrons. The Kier molecular flexibility index (Phi) is 6.50. The van der Waals surface area contributed by atoms with E-state index in [0.717, 1.165) is 30.7 Å². The minimum Gasteiger partial charge on any atom is -0.411 e. The fourth-order valence-electron chi connectivity index (χ4n) is 2.70. The van der Waals surface area contributed by atoms with Crippen molar-refractivity contribution in [3.05, 3.63) is 47.8 Å². The summed E-state index contributed by atoms with van der Waals surface area (Å²) in [5.74, 6) is 2.11. The molecule has 26 heavy (non-hydrogen) atoms. The van der Waals surface area contributed by atoms with Gasteiger partial charge in [-0.1, -0.05) is 44.2 Å². The van der Waals surface area contributed by atoms with Gasteiger partial charge in [0.05, 0.1) is 6.20 Å². The number of benzene rings is 1. The maximum atomic E-state index is 5.78. The van der Waals surface area contributed by atoms with Gasteiger partial charge in [0.2, 0.25) is 5.89 Å². The predicted octanol–water partition coefficient (Wildman–Crippen LogP) is 5.33. The van der Waals surface area contributed by atoms with Gasteiger partial charge in [-0.15, -0.1) is 10.2 Å². The summed E-state index contributed by atoms with van der Waals surface area (Å²) in [6.07, 6.45) is 7.43. The summed E-state index contributed by atoms with van der Waals surface area (Å²) >= 11 is 1.63. The van der Waals surface area contributed by atoms with Gasteiger partial charge in [0.15, 0.2) is 0 Å². The molecule has 0 N–H and O–H groups in total. The summed E-state index contributed by atoms with van der Waals surface area (Å²) < 4.78 is 7.79. The molecule has 0 aliphatic rings. The zero-order valence-corrected chi connectivity index (χ0v) is 16.5. The monoisotopic (exact) mass is 370 g/mol. The molecule has 2 aromatic heterocycles. The molecule has 5 nitrogen and oxygen atoms in total. The smallest absolute Gasteiger partial charge is 0.276 e. The average molecular weight is 371 g/mol. The first-order valence-corrected chi connectivity index (χ1v) is 10.2. The van der Waals surface area contributed by atoms with Crippen molar-refractivity contribution in [3.63, 3.8) is 0 Å². The Morgan fingerprint density at radius 1 is 1.08 bits per heavy atom. The van der Waals surface area contributed by atoms with Crippen LogP contribution in [0.2, 0.25) is 0 Å². The van der Waals surface area contributed by atoms with Gasteiger partial charge in [0.25, 0.3) is 5.22 Å². The van der Waals surface area contributed by atoms with E-state index in [2.05, 4.69) is 54.4 Å². The van der Waals surface area contributed by atoms with Crippen molar-refractivity contribution < 1.29 is 4.42 Å². The average Bonchev–Trinajstić information content (AvgIpc) is 3.27. The molecule has 0 radical (unpaired) electrons. The molecular weight excluding hydrogens is 344 g/mol. The lowest BCUT2D eigenvalue weighted by Gasteiger charge is -2.04. The Labute approximate surface area is 159 Å². The van der Waals surface area contributed by atoms with Crippen LogP contribution in [-0.2, 0) is 6.54 Å². The zero-order valence-electron chi connectivity index (χ0n) is 15.7. The van der Waals surface area contributed by atoms with Crippen LogP contribution >= 0.6 is 11.8 Å². The third kappa shape index (κ3) is 5.21. The molecule has 0 fully saturated rings. The number of rotatable bonds is 9. The predicted molar refractivity (Wildman–Crippen MR) is 105 cm³/mol. The normalized spacial score (nSPS) is 11.4. The van der Waals surface area contributed by atoms with E-state index in [9.17, 15) is 0 Å². The van der Waals surface area contributed by atoms with Gasteiger partial charge in [-0.2, -0.15) is 5.10 Å². The first kappa shape index (κ1) is 18.7. The van der Waals surface area contributed by atoms with E-state index in [4.69, 9.17) is 4.42 Å². The summed E-state index contributed by atoms with van der Waals surface area (Å²) in [5.41, 5.74) is 3.50. The molecule has 0 spiro atoms. The van der Waals surface area contributed by atoms with Crippen LogP contribution in [-0.4, -0.2) is 25.7 Å². The van der Waals surface area contributed by atoms with Gasteiger partial charge in [-0.25, -0.2) is 0 Å². The summed E-state index contributed by atoms with van der Waals surface area (Å²) in [7, 11) is 0. The van der Waals surface area contributed by atoms with E-state index in [1.807, 2.05) is 23.0 Å². The molecule has 3 rings (SSSR count). The van der Waals surface area contributed by atoms with E-state index in [1.54, 1.807) is 11.8 Å². The van der Waals surface area contributed by atoms with E-state index in [0.29, 0.717) is 17.0 Å². The lowest BCUT2D eigenvalue weighted by Crippen LogP contribution is -1.98. The Morgan fingerprint density at radius 2 is 1.88 bits per heavy atom. The number of hydrogen-bond acceptors (Lipinski definition) is 5. The highest BCUT2D eigenvalue weighted by molar-refractivity contribution is 7.99. The van der Waals surface area contributed by atoms with Crippen LogP contribution in [0.15, 0.2) is 46.3 Å². The minimum absolute atomic E-state index is 0.523. The van der Waals surface area contributed by atoms with Gasteiger partial charge >= 0.3 is 0 Å². The third-order valence-corrected chi connectivity index (χ3v) is 5.15. The second-order valence-corrected chi connectivity index (χ2v) is 7.89. The lowest BCUT2D eigenvalue weighted by atomic mass is 10.0. The van der Waals surface area contributed by atoms with Gasteiger partial charge in [-0.3, -0.25) is 4.68 Å². The highest BCUT2D eigenvalue weighted by Crippen LogP contribution is 2.25. The highest BCUT2D eigenvalue weighted by Gasteiger charge is 2.09. The molecule has 3 aromatic rings. The molecule has 0 saturated heterocycles.